The molecule has 0 saturated carbocycles. The Bertz CT molecular complexity index is 590. The quantitative estimate of drug-likeness (QED) is 0.850. The summed E-state index contributed by atoms with van der Waals surface area (Å²) in [7, 11) is 0. The highest BCUT2D eigenvalue weighted by Crippen LogP contribution is 2.16. The lowest BCUT2D eigenvalue weighted by atomic mass is 10.2. The minimum atomic E-state index is -0.346. The lowest BCUT2D eigenvalue weighted by Gasteiger charge is -2.07. The number of benzene rings is 1. The minimum absolute atomic E-state index is 0.346. The van der Waals surface area contributed by atoms with Crippen molar-refractivity contribution >= 4 is 5.97 Å². The smallest absolute Gasteiger partial charge is 0.341 e. The maximum absolute atomic E-state index is 11.7. The molecule has 19 heavy (non-hydrogen) atoms. The van der Waals surface area contributed by atoms with Gasteiger partial charge in [-0.2, -0.15) is 5.10 Å². The molecule has 0 saturated heterocycles. The third kappa shape index (κ3) is 2.66. The van der Waals surface area contributed by atoms with Gasteiger partial charge in [-0.25, -0.2) is 9.48 Å². The Labute approximate surface area is 112 Å². The first-order valence-electron chi connectivity index (χ1n) is 6.18. The second kappa shape index (κ2) is 5.67. The Balaban J connectivity index is 2.38. The maximum Gasteiger partial charge on any atom is 0.341 e. The van der Waals surface area contributed by atoms with Crippen molar-refractivity contribution in [1.29, 1.82) is 0 Å². The van der Waals surface area contributed by atoms with E-state index >= 15 is 0 Å². The van der Waals surface area contributed by atoms with Crippen molar-refractivity contribution in [2.24, 2.45) is 5.73 Å². The van der Waals surface area contributed by atoms with Crippen LogP contribution in [0.2, 0.25) is 0 Å². The predicted octanol–water partition coefficient (Wildman–Crippen LogP) is 1.82. The van der Waals surface area contributed by atoms with Gasteiger partial charge in [0, 0.05) is 6.54 Å². The molecule has 1 aromatic carbocycles. The minimum Gasteiger partial charge on any atom is -0.462 e. The van der Waals surface area contributed by atoms with E-state index in [0.717, 1.165) is 16.9 Å². The van der Waals surface area contributed by atoms with Gasteiger partial charge in [0.1, 0.15) is 5.56 Å². The van der Waals surface area contributed by atoms with E-state index in [4.69, 9.17) is 10.5 Å². The van der Waals surface area contributed by atoms with Crippen LogP contribution >= 0.6 is 0 Å². The fraction of sp³-hybridized carbons (Fsp3) is 0.286. The summed E-state index contributed by atoms with van der Waals surface area (Å²) in [6.07, 6.45) is 1.53. The fourth-order valence-corrected chi connectivity index (χ4v) is 1.89. The molecule has 0 bridgehead atoms. The van der Waals surface area contributed by atoms with Crippen molar-refractivity contribution in [2.75, 3.05) is 6.61 Å². The first-order valence-corrected chi connectivity index (χ1v) is 6.18. The lowest BCUT2D eigenvalue weighted by Crippen LogP contribution is -2.07. The van der Waals surface area contributed by atoms with Gasteiger partial charge in [0.05, 0.1) is 24.2 Å². The number of hydrogen-bond acceptors (Lipinski definition) is 4. The van der Waals surface area contributed by atoms with Gasteiger partial charge in [-0.05, 0) is 31.5 Å². The molecule has 0 aliphatic heterocycles. The SMILES string of the molecule is CCOC(=O)c1cnn(-c2cccc(CN)c2)c1C. The van der Waals surface area contributed by atoms with Crippen LogP contribution in [0.4, 0.5) is 0 Å². The zero-order valence-electron chi connectivity index (χ0n) is 11.1. The molecule has 100 valence electrons. The van der Waals surface area contributed by atoms with Crippen molar-refractivity contribution in [2.45, 2.75) is 20.4 Å². The van der Waals surface area contributed by atoms with Crippen molar-refractivity contribution in [3.63, 3.8) is 0 Å². The summed E-state index contributed by atoms with van der Waals surface area (Å²) in [4.78, 5) is 11.7. The van der Waals surface area contributed by atoms with E-state index in [1.807, 2.05) is 31.2 Å². The Morgan fingerprint density at radius 3 is 2.95 bits per heavy atom. The maximum atomic E-state index is 11.7. The van der Waals surface area contributed by atoms with Crippen molar-refractivity contribution in [1.82, 2.24) is 9.78 Å². The highest BCUT2D eigenvalue weighted by atomic mass is 16.5. The molecule has 0 fully saturated rings. The number of nitrogens with zero attached hydrogens (tertiary/aromatic N) is 2. The first-order chi connectivity index (χ1) is 9.17. The van der Waals surface area contributed by atoms with Gasteiger partial charge >= 0.3 is 5.97 Å². The van der Waals surface area contributed by atoms with Crippen LogP contribution in [0.3, 0.4) is 0 Å². The summed E-state index contributed by atoms with van der Waals surface area (Å²) in [5, 5.41) is 4.24. The van der Waals surface area contributed by atoms with Gasteiger partial charge in [-0.1, -0.05) is 12.1 Å². The van der Waals surface area contributed by atoms with E-state index in [1.165, 1.54) is 6.20 Å². The molecule has 0 amide bonds. The molecular weight excluding hydrogens is 242 g/mol. The van der Waals surface area contributed by atoms with E-state index in [9.17, 15) is 4.79 Å². The van der Waals surface area contributed by atoms with Crippen LogP contribution in [0.15, 0.2) is 30.5 Å². The van der Waals surface area contributed by atoms with E-state index < -0.39 is 0 Å². The number of hydrogen-bond donors (Lipinski definition) is 1. The summed E-state index contributed by atoms with van der Waals surface area (Å²) in [6, 6.07) is 7.75. The summed E-state index contributed by atoms with van der Waals surface area (Å²) < 4.78 is 6.70. The van der Waals surface area contributed by atoms with Crippen molar-refractivity contribution in [3.05, 3.63) is 47.3 Å². The second-order valence-electron chi connectivity index (χ2n) is 4.15. The van der Waals surface area contributed by atoms with Crippen LogP contribution in [-0.2, 0) is 11.3 Å². The van der Waals surface area contributed by atoms with Crippen molar-refractivity contribution < 1.29 is 9.53 Å². The predicted molar refractivity (Wildman–Crippen MR) is 72.1 cm³/mol. The highest BCUT2D eigenvalue weighted by molar-refractivity contribution is 5.90. The molecule has 2 N–H and O–H groups in total. The van der Waals surface area contributed by atoms with E-state index in [0.29, 0.717) is 18.7 Å². The van der Waals surface area contributed by atoms with Gasteiger partial charge in [0.2, 0.25) is 0 Å². The summed E-state index contributed by atoms with van der Waals surface area (Å²) in [5.41, 5.74) is 8.77. The van der Waals surface area contributed by atoms with Gasteiger partial charge in [0.25, 0.3) is 0 Å². The number of esters is 1. The molecule has 0 unspecified atom stereocenters. The van der Waals surface area contributed by atoms with Crippen LogP contribution in [0.25, 0.3) is 5.69 Å². The molecule has 0 aliphatic carbocycles. The third-order valence-electron chi connectivity index (χ3n) is 2.90. The largest absolute Gasteiger partial charge is 0.462 e. The summed E-state index contributed by atoms with van der Waals surface area (Å²) in [6.45, 7) is 4.45. The van der Waals surface area contributed by atoms with Crippen molar-refractivity contribution in [3.8, 4) is 5.69 Å². The first kappa shape index (κ1) is 13.3. The summed E-state index contributed by atoms with van der Waals surface area (Å²) in [5.74, 6) is -0.346. The second-order valence-corrected chi connectivity index (χ2v) is 4.15. The van der Waals surface area contributed by atoms with Gasteiger partial charge in [-0.15, -0.1) is 0 Å². The molecule has 0 atom stereocenters. The Morgan fingerprint density at radius 2 is 2.26 bits per heavy atom. The van der Waals surface area contributed by atoms with Gasteiger partial charge < -0.3 is 10.5 Å². The molecule has 5 nitrogen and oxygen atoms in total. The van der Waals surface area contributed by atoms with Gasteiger partial charge in [-0.3, -0.25) is 0 Å². The lowest BCUT2D eigenvalue weighted by molar-refractivity contribution is 0.0525. The van der Waals surface area contributed by atoms with Crippen LogP contribution in [0, 0.1) is 6.92 Å². The molecule has 2 rings (SSSR count). The normalized spacial score (nSPS) is 10.5. The Hall–Kier alpha value is -2.14. The summed E-state index contributed by atoms with van der Waals surface area (Å²) >= 11 is 0. The molecule has 0 radical (unpaired) electrons. The number of nitrogens with two attached hydrogens (primary N) is 1. The molecule has 0 spiro atoms. The zero-order chi connectivity index (χ0) is 13.8. The van der Waals surface area contributed by atoms with Crippen LogP contribution < -0.4 is 5.73 Å². The Kier molecular flexibility index (Phi) is 3.97. The average molecular weight is 259 g/mol. The molecular formula is C14H17N3O2. The van der Waals surface area contributed by atoms with Gasteiger partial charge in [0.15, 0.2) is 0 Å². The molecule has 5 heteroatoms. The average Bonchev–Trinajstić information content (AvgIpc) is 2.81. The van der Waals surface area contributed by atoms with E-state index in [2.05, 4.69) is 5.10 Å². The van der Waals surface area contributed by atoms with E-state index in [1.54, 1.807) is 11.6 Å². The van der Waals surface area contributed by atoms with Crippen LogP contribution in [0.1, 0.15) is 28.5 Å². The standard InChI is InChI=1S/C14H17N3O2/c1-3-19-14(18)13-9-16-17(10(13)2)12-6-4-5-11(7-12)8-15/h4-7,9H,3,8,15H2,1-2H3. The number of rotatable bonds is 4. The zero-order valence-corrected chi connectivity index (χ0v) is 11.1. The molecule has 1 aromatic heterocycles. The van der Waals surface area contributed by atoms with E-state index in [-0.39, 0.29) is 5.97 Å². The molecule has 1 heterocycles. The number of aromatic nitrogens is 2. The number of ether oxygens (including phenoxy) is 1. The number of carbonyl (C=O) groups is 1. The number of carbonyl (C=O) groups excluding carboxylic acids is 1. The van der Waals surface area contributed by atoms with Crippen LogP contribution in [-0.4, -0.2) is 22.4 Å². The fourth-order valence-electron chi connectivity index (χ4n) is 1.89. The molecule has 0 aliphatic rings. The Morgan fingerprint density at radius 1 is 1.47 bits per heavy atom. The highest BCUT2D eigenvalue weighted by Gasteiger charge is 2.15. The topological polar surface area (TPSA) is 70.1 Å². The monoisotopic (exact) mass is 259 g/mol. The third-order valence-corrected chi connectivity index (χ3v) is 2.90. The van der Waals surface area contributed by atoms with Crippen LogP contribution in [0.5, 0.6) is 0 Å². The molecule has 2 aromatic rings.